The van der Waals surface area contributed by atoms with E-state index in [1.807, 2.05) is 18.2 Å². The van der Waals surface area contributed by atoms with Crippen LogP contribution in [0.1, 0.15) is 5.56 Å². The maximum Gasteiger partial charge on any atom is 0.0868 e. The Kier molecular flexibility index (Phi) is 2.06. The highest BCUT2D eigenvalue weighted by Gasteiger charge is 2.06. The van der Waals surface area contributed by atoms with E-state index < -0.39 is 0 Å². The smallest absolute Gasteiger partial charge is 0.0868 e. The van der Waals surface area contributed by atoms with E-state index in [0.717, 1.165) is 26.3 Å². The van der Waals surface area contributed by atoms with Gasteiger partial charge in [-0.25, -0.2) is 0 Å². The van der Waals surface area contributed by atoms with Crippen LogP contribution in [0.25, 0.3) is 10.1 Å². The summed E-state index contributed by atoms with van der Waals surface area (Å²) in [5, 5.41) is 1.92. The van der Waals surface area contributed by atoms with Crippen molar-refractivity contribution in [3.8, 4) is 0 Å². The van der Waals surface area contributed by atoms with Gasteiger partial charge in [0.2, 0.25) is 0 Å². The van der Waals surface area contributed by atoms with E-state index in [0.29, 0.717) is 5.88 Å². The normalized spacial score (nSPS) is 10.8. The minimum absolute atomic E-state index is 0.434. The van der Waals surface area contributed by atoms with Crippen LogP contribution < -0.4 is 11.5 Å². The van der Waals surface area contributed by atoms with Crippen molar-refractivity contribution in [3.05, 3.63) is 23.8 Å². The molecule has 0 atom stereocenters. The van der Waals surface area contributed by atoms with E-state index in [1.165, 1.54) is 11.3 Å². The fraction of sp³-hybridized carbons (Fsp3) is 0.111. The monoisotopic (exact) mass is 212 g/mol. The van der Waals surface area contributed by atoms with Crippen molar-refractivity contribution >= 4 is 43.7 Å². The van der Waals surface area contributed by atoms with Gasteiger partial charge in [0.15, 0.2) is 0 Å². The predicted molar refractivity (Wildman–Crippen MR) is 60.2 cm³/mol. The van der Waals surface area contributed by atoms with Crippen molar-refractivity contribution < 1.29 is 0 Å². The summed E-state index contributed by atoms with van der Waals surface area (Å²) in [6.45, 7) is 0. The average Bonchev–Trinajstić information content (AvgIpc) is 2.45. The molecule has 0 saturated carbocycles. The van der Waals surface area contributed by atoms with E-state index in [4.69, 9.17) is 23.1 Å². The molecule has 0 spiro atoms. The zero-order valence-electron chi connectivity index (χ0n) is 6.88. The molecular weight excluding hydrogens is 204 g/mol. The lowest BCUT2D eigenvalue weighted by Crippen LogP contribution is -1.90. The fourth-order valence-corrected chi connectivity index (χ4v) is 2.68. The lowest BCUT2D eigenvalue weighted by Gasteiger charge is -2.01. The van der Waals surface area contributed by atoms with Gasteiger partial charge in [-0.3, -0.25) is 0 Å². The Labute approximate surface area is 85.1 Å². The van der Waals surface area contributed by atoms with E-state index >= 15 is 0 Å². The number of alkyl halides is 1. The predicted octanol–water partition coefficient (Wildman–Crippen LogP) is 2.80. The summed E-state index contributed by atoms with van der Waals surface area (Å²) in [7, 11) is 0. The molecule has 0 amide bonds. The van der Waals surface area contributed by atoms with Crippen LogP contribution in [-0.2, 0) is 5.88 Å². The van der Waals surface area contributed by atoms with Gasteiger partial charge in [0.25, 0.3) is 0 Å². The first-order chi connectivity index (χ1) is 6.22. The molecule has 2 rings (SSSR count). The lowest BCUT2D eigenvalue weighted by atomic mass is 10.1. The number of anilines is 2. The molecule has 0 unspecified atom stereocenters. The van der Waals surface area contributed by atoms with E-state index in [1.54, 1.807) is 0 Å². The Bertz CT molecular complexity index is 450. The molecule has 1 aromatic carbocycles. The number of thiophene rings is 1. The van der Waals surface area contributed by atoms with Crippen molar-refractivity contribution in [2.24, 2.45) is 0 Å². The van der Waals surface area contributed by atoms with Gasteiger partial charge in [-0.2, -0.15) is 0 Å². The Morgan fingerprint density at radius 3 is 2.77 bits per heavy atom. The van der Waals surface area contributed by atoms with Gasteiger partial charge in [0.05, 0.1) is 10.9 Å². The zero-order chi connectivity index (χ0) is 9.42. The number of halogens is 1. The highest BCUT2D eigenvalue weighted by molar-refractivity contribution is 7.22. The number of benzene rings is 1. The van der Waals surface area contributed by atoms with E-state index in [9.17, 15) is 0 Å². The lowest BCUT2D eigenvalue weighted by molar-refractivity contribution is 1.47. The molecule has 0 fully saturated rings. The van der Waals surface area contributed by atoms with Crippen LogP contribution in [0.4, 0.5) is 10.7 Å². The average molecular weight is 213 g/mol. The summed E-state index contributed by atoms with van der Waals surface area (Å²) in [4.78, 5) is 0. The molecular formula is C9H9ClN2S. The summed E-state index contributed by atoms with van der Waals surface area (Å²) in [6, 6.07) is 5.77. The van der Waals surface area contributed by atoms with Crippen LogP contribution in [0.2, 0.25) is 0 Å². The second kappa shape index (κ2) is 3.09. The molecule has 1 aromatic heterocycles. The Morgan fingerprint density at radius 2 is 2.08 bits per heavy atom. The molecule has 0 aliphatic carbocycles. The number of hydrogen-bond acceptors (Lipinski definition) is 3. The molecule has 1 heterocycles. The fourth-order valence-electron chi connectivity index (χ4n) is 1.33. The van der Waals surface area contributed by atoms with Gasteiger partial charge in [0, 0.05) is 16.0 Å². The number of fused-ring (bicyclic) bond motifs is 1. The van der Waals surface area contributed by atoms with Gasteiger partial charge in [0.1, 0.15) is 0 Å². The minimum atomic E-state index is 0.434. The highest BCUT2D eigenvalue weighted by atomic mass is 35.5. The van der Waals surface area contributed by atoms with Crippen molar-refractivity contribution in [1.82, 2.24) is 0 Å². The standard InChI is InChI=1S/C9H9ClN2S/c10-4-6-7(11)2-1-5-3-8(12)13-9(5)6/h1-3H,4,11-12H2. The van der Waals surface area contributed by atoms with Gasteiger partial charge in [-0.15, -0.1) is 22.9 Å². The van der Waals surface area contributed by atoms with Crippen LogP contribution >= 0.6 is 22.9 Å². The number of rotatable bonds is 1. The maximum atomic E-state index is 5.81. The van der Waals surface area contributed by atoms with Crippen LogP contribution in [0, 0.1) is 0 Å². The van der Waals surface area contributed by atoms with Crippen LogP contribution in [0.3, 0.4) is 0 Å². The molecule has 0 aliphatic heterocycles. The third-order valence-electron chi connectivity index (χ3n) is 1.98. The van der Waals surface area contributed by atoms with E-state index in [-0.39, 0.29) is 0 Å². The third-order valence-corrected chi connectivity index (χ3v) is 3.29. The first-order valence-electron chi connectivity index (χ1n) is 3.84. The van der Waals surface area contributed by atoms with Gasteiger partial charge >= 0.3 is 0 Å². The van der Waals surface area contributed by atoms with Crippen LogP contribution in [-0.4, -0.2) is 0 Å². The summed E-state index contributed by atoms with van der Waals surface area (Å²) < 4.78 is 1.10. The first-order valence-corrected chi connectivity index (χ1v) is 5.20. The van der Waals surface area contributed by atoms with Crippen LogP contribution in [0.15, 0.2) is 18.2 Å². The first kappa shape index (κ1) is 8.66. The molecule has 0 bridgehead atoms. The molecule has 2 aromatic rings. The van der Waals surface area contributed by atoms with Crippen molar-refractivity contribution in [2.45, 2.75) is 5.88 Å². The van der Waals surface area contributed by atoms with Crippen molar-refractivity contribution in [2.75, 3.05) is 11.5 Å². The zero-order valence-corrected chi connectivity index (χ0v) is 8.45. The molecule has 4 N–H and O–H groups in total. The minimum Gasteiger partial charge on any atom is -0.398 e. The topological polar surface area (TPSA) is 52.0 Å². The molecule has 0 aliphatic rings. The summed E-state index contributed by atoms with van der Waals surface area (Å²) >= 11 is 7.34. The van der Waals surface area contributed by atoms with Crippen molar-refractivity contribution in [3.63, 3.8) is 0 Å². The Hall–Kier alpha value is -0.930. The summed E-state index contributed by atoms with van der Waals surface area (Å²) in [6.07, 6.45) is 0. The van der Waals surface area contributed by atoms with Gasteiger partial charge in [-0.05, 0) is 17.5 Å². The Balaban J connectivity index is 2.82. The van der Waals surface area contributed by atoms with Crippen LogP contribution in [0.5, 0.6) is 0 Å². The molecule has 0 saturated heterocycles. The van der Waals surface area contributed by atoms with Gasteiger partial charge < -0.3 is 11.5 Å². The van der Waals surface area contributed by atoms with Crippen molar-refractivity contribution in [1.29, 1.82) is 0 Å². The number of nitrogens with two attached hydrogens (primary N) is 2. The molecule has 68 valence electrons. The SMILES string of the molecule is Nc1cc2ccc(N)c(CCl)c2s1. The Morgan fingerprint density at radius 1 is 1.31 bits per heavy atom. The second-order valence-electron chi connectivity index (χ2n) is 2.83. The molecule has 13 heavy (non-hydrogen) atoms. The molecule has 4 heteroatoms. The molecule has 0 radical (unpaired) electrons. The quantitative estimate of drug-likeness (QED) is 0.564. The maximum absolute atomic E-state index is 5.81. The summed E-state index contributed by atoms with van der Waals surface area (Å²) in [5.41, 5.74) is 13.2. The highest BCUT2D eigenvalue weighted by Crippen LogP contribution is 2.34. The van der Waals surface area contributed by atoms with Gasteiger partial charge in [-0.1, -0.05) is 6.07 Å². The molecule has 2 nitrogen and oxygen atoms in total. The second-order valence-corrected chi connectivity index (χ2v) is 4.19. The summed E-state index contributed by atoms with van der Waals surface area (Å²) in [5.74, 6) is 0.434. The number of nitrogen functional groups attached to an aromatic ring is 2. The number of hydrogen-bond donors (Lipinski definition) is 2. The third kappa shape index (κ3) is 1.34. The van der Waals surface area contributed by atoms with E-state index in [2.05, 4.69) is 0 Å². The largest absolute Gasteiger partial charge is 0.398 e.